The molecule has 25 heavy (non-hydrogen) atoms. The number of aliphatic hydroxyl groups excluding tert-OH is 1. The first-order chi connectivity index (χ1) is 12.2. The number of nitrogens with one attached hydrogen (secondary N) is 2. The number of aromatic nitrogens is 2. The predicted molar refractivity (Wildman–Crippen MR) is 97.4 cm³/mol. The molecule has 0 aliphatic heterocycles. The van der Waals surface area contributed by atoms with Crippen LogP contribution in [0.1, 0.15) is 57.4 Å². The van der Waals surface area contributed by atoms with E-state index in [0.717, 1.165) is 38.5 Å². The van der Waals surface area contributed by atoms with Crippen LogP contribution in [0.4, 0.5) is 11.8 Å². The minimum atomic E-state index is -0.277. The summed E-state index contributed by atoms with van der Waals surface area (Å²) in [4.78, 5) is 8.67. The summed E-state index contributed by atoms with van der Waals surface area (Å²) in [5.74, 6) is 1.04. The molecular weight excluding hydrogens is 318 g/mol. The molecule has 1 aromatic rings. The highest BCUT2D eigenvalue weighted by Gasteiger charge is 2.21. The van der Waals surface area contributed by atoms with Gasteiger partial charge in [0.05, 0.1) is 18.4 Å². The van der Waals surface area contributed by atoms with Gasteiger partial charge in [-0.3, -0.25) is 0 Å². The first-order valence-electron chi connectivity index (χ1n) is 9.14. The highest BCUT2D eigenvalue weighted by Crippen LogP contribution is 2.23. The minimum Gasteiger partial charge on any atom is -0.393 e. The smallest absolute Gasteiger partial charge is 0.224 e. The number of hydrogen-bond acceptors (Lipinski definition) is 7. The Morgan fingerprint density at radius 1 is 1.44 bits per heavy atom. The van der Waals surface area contributed by atoms with Gasteiger partial charge < -0.3 is 20.5 Å². The van der Waals surface area contributed by atoms with E-state index in [2.05, 4.69) is 33.6 Å². The second-order valence-corrected chi connectivity index (χ2v) is 6.59. The molecule has 0 spiro atoms. The Morgan fingerprint density at radius 3 is 2.96 bits per heavy atom. The van der Waals surface area contributed by atoms with E-state index in [1.54, 1.807) is 7.11 Å². The van der Waals surface area contributed by atoms with E-state index in [-0.39, 0.29) is 18.2 Å². The molecule has 1 saturated carbocycles. The predicted octanol–water partition coefficient (Wildman–Crippen LogP) is 2.68. The summed E-state index contributed by atoms with van der Waals surface area (Å²) in [6, 6.07) is 2.27. The molecule has 1 heterocycles. The zero-order valence-electron chi connectivity index (χ0n) is 15.2. The van der Waals surface area contributed by atoms with E-state index in [0.29, 0.717) is 30.3 Å². The summed E-state index contributed by atoms with van der Waals surface area (Å²) >= 11 is 0. The number of ether oxygens (including phenoxy) is 1. The molecule has 1 aromatic heterocycles. The van der Waals surface area contributed by atoms with Crippen molar-refractivity contribution in [2.24, 2.45) is 0 Å². The molecule has 0 unspecified atom stereocenters. The average Bonchev–Trinajstić information content (AvgIpc) is 2.61. The number of nitriles is 1. The van der Waals surface area contributed by atoms with Gasteiger partial charge in [-0.2, -0.15) is 10.2 Å². The van der Waals surface area contributed by atoms with Gasteiger partial charge in [-0.1, -0.05) is 13.3 Å². The van der Waals surface area contributed by atoms with Crippen molar-refractivity contribution >= 4 is 11.8 Å². The maximum absolute atomic E-state index is 9.81. The zero-order valence-corrected chi connectivity index (χ0v) is 15.2. The molecule has 0 saturated heterocycles. The number of hydrogen-bond donors (Lipinski definition) is 3. The fraction of sp³-hybridized carbons (Fsp3) is 0.722. The third-order valence-electron chi connectivity index (χ3n) is 4.59. The van der Waals surface area contributed by atoms with Crippen LogP contribution in [0.2, 0.25) is 0 Å². The summed E-state index contributed by atoms with van der Waals surface area (Å²) in [6.45, 7) is 2.86. The lowest BCUT2D eigenvalue weighted by molar-refractivity contribution is 0.0902. The third kappa shape index (κ3) is 6.15. The van der Waals surface area contributed by atoms with Crippen LogP contribution >= 0.6 is 0 Å². The average molecular weight is 347 g/mol. The lowest BCUT2D eigenvalue weighted by atomic mass is 9.93. The monoisotopic (exact) mass is 347 g/mol. The van der Waals surface area contributed by atoms with Crippen LogP contribution in [0.15, 0.2) is 6.20 Å². The normalized spacial score (nSPS) is 21.4. The van der Waals surface area contributed by atoms with Crippen molar-refractivity contribution in [1.82, 2.24) is 9.97 Å². The summed E-state index contributed by atoms with van der Waals surface area (Å²) in [6.07, 6.45) is 7.98. The van der Waals surface area contributed by atoms with Crippen LogP contribution in [-0.2, 0) is 4.74 Å². The molecule has 7 heteroatoms. The van der Waals surface area contributed by atoms with Crippen molar-refractivity contribution in [3.05, 3.63) is 11.8 Å². The molecule has 2 rings (SSSR count). The van der Waals surface area contributed by atoms with Crippen molar-refractivity contribution in [2.75, 3.05) is 24.3 Å². The van der Waals surface area contributed by atoms with Crippen LogP contribution in [0, 0.1) is 11.3 Å². The molecule has 3 N–H and O–H groups in total. The van der Waals surface area contributed by atoms with Gasteiger partial charge in [-0.05, 0) is 38.5 Å². The highest BCUT2D eigenvalue weighted by atomic mass is 16.5. The van der Waals surface area contributed by atoms with Crippen LogP contribution in [0.25, 0.3) is 0 Å². The lowest BCUT2D eigenvalue weighted by Gasteiger charge is -2.27. The molecular formula is C18H29N5O2. The zero-order chi connectivity index (χ0) is 18.1. The van der Waals surface area contributed by atoms with Gasteiger partial charge in [0.2, 0.25) is 5.95 Å². The summed E-state index contributed by atoms with van der Waals surface area (Å²) in [7, 11) is 1.74. The Bertz CT molecular complexity index is 575. The van der Waals surface area contributed by atoms with Crippen LogP contribution < -0.4 is 10.6 Å². The number of nitrogens with zero attached hydrogens (tertiary/aromatic N) is 3. The van der Waals surface area contributed by atoms with E-state index in [9.17, 15) is 10.4 Å². The molecule has 1 aliphatic rings. The van der Waals surface area contributed by atoms with Gasteiger partial charge in [0.1, 0.15) is 17.5 Å². The van der Waals surface area contributed by atoms with Crippen LogP contribution in [0.3, 0.4) is 0 Å². The van der Waals surface area contributed by atoms with Gasteiger partial charge in [-0.25, -0.2) is 4.98 Å². The van der Waals surface area contributed by atoms with Gasteiger partial charge >= 0.3 is 0 Å². The van der Waals surface area contributed by atoms with Gasteiger partial charge in [-0.15, -0.1) is 0 Å². The summed E-state index contributed by atoms with van der Waals surface area (Å²) in [5.41, 5.74) is 0.423. The number of rotatable bonds is 9. The molecule has 0 bridgehead atoms. The summed E-state index contributed by atoms with van der Waals surface area (Å²) < 4.78 is 5.44. The number of anilines is 2. The Morgan fingerprint density at radius 2 is 2.28 bits per heavy atom. The molecule has 1 aliphatic carbocycles. The van der Waals surface area contributed by atoms with E-state index in [1.165, 1.54) is 6.20 Å². The van der Waals surface area contributed by atoms with Gasteiger partial charge in [0.25, 0.3) is 0 Å². The van der Waals surface area contributed by atoms with Crippen molar-refractivity contribution < 1.29 is 9.84 Å². The van der Waals surface area contributed by atoms with E-state index in [1.807, 2.05) is 0 Å². The SMILES string of the molecule is CCC[C@@H](CCNc1ncc(C#N)c(N[C@@H]2CCC[C@H](O)C2)n1)OC. The minimum absolute atomic E-state index is 0.140. The van der Waals surface area contributed by atoms with E-state index in [4.69, 9.17) is 4.74 Å². The number of aliphatic hydroxyl groups is 1. The largest absolute Gasteiger partial charge is 0.393 e. The third-order valence-corrected chi connectivity index (χ3v) is 4.59. The lowest BCUT2D eigenvalue weighted by Crippen LogP contribution is -2.30. The maximum atomic E-state index is 9.81. The van der Waals surface area contributed by atoms with Gasteiger partial charge in [0.15, 0.2) is 0 Å². The molecule has 0 amide bonds. The van der Waals surface area contributed by atoms with Crippen molar-refractivity contribution in [3.63, 3.8) is 0 Å². The Balaban J connectivity index is 1.95. The molecule has 0 aromatic carbocycles. The first kappa shape index (κ1) is 19.4. The topological polar surface area (TPSA) is 103 Å². The van der Waals surface area contributed by atoms with E-state index < -0.39 is 0 Å². The van der Waals surface area contributed by atoms with Crippen LogP contribution in [-0.4, -0.2) is 47.0 Å². The molecule has 3 atom stereocenters. The van der Waals surface area contributed by atoms with Crippen LogP contribution in [0.5, 0.6) is 0 Å². The second-order valence-electron chi connectivity index (χ2n) is 6.59. The van der Waals surface area contributed by atoms with Crippen molar-refractivity contribution in [2.45, 2.75) is 70.1 Å². The van der Waals surface area contributed by atoms with Crippen molar-refractivity contribution in [3.8, 4) is 6.07 Å². The quantitative estimate of drug-likeness (QED) is 0.631. The Labute approximate surface area is 149 Å². The Hall–Kier alpha value is -1.91. The number of methoxy groups -OCH3 is 1. The Kier molecular flexibility index (Phi) is 7.89. The fourth-order valence-electron chi connectivity index (χ4n) is 3.19. The first-order valence-corrected chi connectivity index (χ1v) is 9.14. The molecule has 138 valence electrons. The second kappa shape index (κ2) is 10.2. The van der Waals surface area contributed by atoms with Gasteiger partial charge in [0, 0.05) is 19.7 Å². The van der Waals surface area contributed by atoms with Crippen molar-refractivity contribution in [1.29, 1.82) is 5.26 Å². The molecule has 0 radical (unpaired) electrons. The van der Waals surface area contributed by atoms with E-state index >= 15 is 0 Å². The fourth-order valence-corrected chi connectivity index (χ4v) is 3.19. The molecule has 1 fully saturated rings. The molecule has 7 nitrogen and oxygen atoms in total. The summed E-state index contributed by atoms with van der Waals surface area (Å²) in [5, 5.41) is 25.6. The standard InChI is InChI=1S/C18H29N5O2/c1-3-5-16(25-2)8-9-20-18-21-12-13(11-19)17(23-18)22-14-6-4-7-15(24)10-14/h12,14-16,24H,3-10H2,1-2H3,(H2,20,21,22,23)/t14-,15+,16+/m1/s1. The maximum Gasteiger partial charge on any atom is 0.224 e. The highest BCUT2D eigenvalue weighted by molar-refractivity contribution is 5.53.